The summed E-state index contributed by atoms with van der Waals surface area (Å²) >= 11 is 0. The average molecular weight is 598 g/mol. The summed E-state index contributed by atoms with van der Waals surface area (Å²) in [6, 6.07) is 2.79. The third-order valence-corrected chi connectivity index (χ3v) is 14.2. The Morgan fingerprint density at radius 2 is 1.75 bits per heavy atom. The Labute approximate surface area is 265 Å². The van der Waals surface area contributed by atoms with Crippen LogP contribution in [0.25, 0.3) is 12.7 Å². The fourth-order valence-corrected chi connectivity index (χ4v) is 11.3. The van der Waals surface area contributed by atoms with Gasteiger partial charge in [0.1, 0.15) is 5.75 Å². The van der Waals surface area contributed by atoms with Gasteiger partial charge in [-0.2, -0.15) is 0 Å². The molecule has 4 aliphatic carbocycles. The Bertz CT molecular complexity index is 1560. The van der Waals surface area contributed by atoms with Crippen molar-refractivity contribution < 1.29 is 9.90 Å². The number of benzene rings is 1. The number of nitrogens with zero attached hydrogens (tertiary/aromatic N) is 2. The minimum absolute atomic E-state index is 0.0344. The van der Waals surface area contributed by atoms with Crippen LogP contribution in [-0.2, 0) is 10.2 Å². The molecule has 5 nitrogen and oxygen atoms in total. The van der Waals surface area contributed by atoms with Gasteiger partial charge in [-0.25, -0.2) is 0 Å². The summed E-state index contributed by atoms with van der Waals surface area (Å²) in [5.74, 6) is 2.25. The molecule has 3 saturated carbocycles. The molecule has 0 aromatic heterocycles. The zero-order valence-corrected chi connectivity index (χ0v) is 28.2. The number of hydrogen-bond donors (Lipinski definition) is 2. The number of phenols is 1. The summed E-state index contributed by atoms with van der Waals surface area (Å²) in [7, 11) is 2.23. The van der Waals surface area contributed by atoms with E-state index in [1.165, 1.54) is 55.9 Å². The van der Waals surface area contributed by atoms with Crippen LogP contribution < -0.4 is 15.8 Å². The van der Waals surface area contributed by atoms with Gasteiger partial charge in [0.15, 0.2) is 0 Å². The third-order valence-electron chi connectivity index (χ3n) is 14.2. The molecule has 6 aliphatic rings. The fraction of sp³-hybridized carbons (Fsp3) is 0.667. The SMILES string of the molecule is C=C(NC1(C)CCC2(C)CCC3(C)C4=CC=c5c(cc(=C)c(O)c5C)C4(C)CCC3C2C1)C(=O)N1CC(C2CCCN2C)C1. The molecule has 2 N–H and O–H groups in total. The van der Waals surface area contributed by atoms with Gasteiger partial charge in [0.25, 0.3) is 5.91 Å². The highest BCUT2D eigenvalue weighted by atomic mass is 16.3. The van der Waals surface area contributed by atoms with E-state index in [0.717, 1.165) is 43.1 Å². The first-order chi connectivity index (χ1) is 20.7. The van der Waals surface area contributed by atoms with E-state index in [-0.39, 0.29) is 22.3 Å². The van der Waals surface area contributed by atoms with Crippen LogP contribution in [-0.4, -0.2) is 59.1 Å². The predicted octanol–water partition coefficient (Wildman–Crippen LogP) is 5.52. The largest absolute Gasteiger partial charge is 0.507 e. The minimum atomic E-state index is -0.122. The van der Waals surface area contributed by atoms with Crippen LogP contribution in [0.3, 0.4) is 0 Å². The van der Waals surface area contributed by atoms with Crippen LogP contribution in [0.5, 0.6) is 5.75 Å². The van der Waals surface area contributed by atoms with Crippen molar-refractivity contribution in [1.29, 1.82) is 0 Å². The Balaban J connectivity index is 1.10. The molecule has 7 rings (SSSR count). The van der Waals surface area contributed by atoms with Crippen LogP contribution in [0.1, 0.15) is 96.6 Å². The number of amides is 1. The van der Waals surface area contributed by atoms with Gasteiger partial charge in [0.2, 0.25) is 0 Å². The van der Waals surface area contributed by atoms with E-state index in [9.17, 15) is 9.90 Å². The molecule has 2 heterocycles. The quantitative estimate of drug-likeness (QED) is 0.449. The zero-order chi connectivity index (χ0) is 31.4. The van der Waals surface area contributed by atoms with E-state index >= 15 is 0 Å². The number of nitrogens with one attached hydrogen (secondary N) is 1. The van der Waals surface area contributed by atoms with Gasteiger partial charge in [-0.05, 0) is 130 Å². The molecule has 7 unspecified atom stereocenters. The molecule has 1 aromatic rings. The van der Waals surface area contributed by atoms with Crippen molar-refractivity contribution >= 4 is 18.6 Å². The monoisotopic (exact) mass is 597 g/mol. The molecule has 0 bridgehead atoms. The summed E-state index contributed by atoms with van der Waals surface area (Å²) < 4.78 is 0. The molecular formula is C39H55N3O2. The maximum absolute atomic E-state index is 13.5. The van der Waals surface area contributed by atoms with Crippen molar-refractivity contribution in [3.05, 3.63) is 51.6 Å². The van der Waals surface area contributed by atoms with E-state index in [4.69, 9.17) is 0 Å². The van der Waals surface area contributed by atoms with Crippen molar-refractivity contribution in [2.75, 3.05) is 26.7 Å². The Hall–Kier alpha value is -2.53. The first kappa shape index (κ1) is 30.1. The third kappa shape index (κ3) is 4.31. The molecule has 5 heteroatoms. The van der Waals surface area contributed by atoms with E-state index in [1.807, 2.05) is 11.8 Å². The topological polar surface area (TPSA) is 55.8 Å². The van der Waals surface area contributed by atoms with Crippen molar-refractivity contribution in [2.45, 2.75) is 109 Å². The van der Waals surface area contributed by atoms with E-state index < -0.39 is 0 Å². The minimum Gasteiger partial charge on any atom is -0.507 e. The molecule has 0 radical (unpaired) electrons. The van der Waals surface area contributed by atoms with Gasteiger partial charge < -0.3 is 20.2 Å². The second-order valence-electron chi connectivity index (χ2n) is 16.9. The molecule has 238 valence electrons. The molecule has 7 atom stereocenters. The van der Waals surface area contributed by atoms with Crippen LogP contribution in [0, 0.1) is 35.5 Å². The second-order valence-corrected chi connectivity index (χ2v) is 16.9. The van der Waals surface area contributed by atoms with Crippen molar-refractivity contribution in [3.63, 3.8) is 0 Å². The molecular weight excluding hydrogens is 542 g/mol. The lowest BCUT2D eigenvalue weighted by atomic mass is 9.40. The summed E-state index contributed by atoms with van der Waals surface area (Å²) in [6.45, 7) is 23.4. The molecule has 2 aliphatic heterocycles. The van der Waals surface area contributed by atoms with Gasteiger partial charge in [-0.1, -0.05) is 51.7 Å². The van der Waals surface area contributed by atoms with Crippen molar-refractivity contribution in [1.82, 2.24) is 15.1 Å². The number of fused-ring (bicyclic) bond motifs is 7. The molecule has 44 heavy (non-hydrogen) atoms. The second kappa shape index (κ2) is 9.98. The highest BCUT2D eigenvalue weighted by Gasteiger charge is 2.61. The first-order valence-electron chi connectivity index (χ1n) is 17.4. The van der Waals surface area contributed by atoms with Crippen molar-refractivity contribution in [2.24, 2.45) is 28.6 Å². The number of carbonyl (C=O) groups is 1. The highest BCUT2D eigenvalue weighted by molar-refractivity contribution is 5.93. The summed E-state index contributed by atoms with van der Waals surface area (Å²) in [5.41, 5.74) is 4.78. The molecule has 0 spiro atoms. The summed E-state index contributed by atoms with van der Waals surface area (Å²) in [5, 5.41) is 16.3. The van der Waals surface area contributed by atoms with Gasteiger partial charge in [-0.15, -0.1) is 0 Å². The first-order valence-corrected chi connectivity index (χ1v) is 17.4. The molecule has 1 aromatic carbocycles. The highest BCUT2D eigenvalue weighted by Crippen LogP contribution is 2.68. The lowest BCUT2D eigenvalue weighted by Crippen LogP contribution is -2.61. The van der Waals surface area contributed by atoms with Gasteiger partial charge in [0.05, 0.1) is 5.70 Å². The maximum Gasteiger partial charge on any atom is 0.269 e. The maximum atomic E-state index is 13.5. The normalized spacial score (nSPS) is 40.0. The smallest absolute Gasteiger partial charge is 0.269 e. The molecule has 5 fully saturated rings. The number of aromatic hydroxyl groups is 1. The van der Waals surface area contributed by atoms with E-state index in [0.29, 0.717) is 40.7 Å². The number of rotatable bonds is 4. The Morgan fingerprint density at radius 1 is 1.02 bits per heavy atom. The predicted molar refractivity (Wildman–Crippen MR) is 179 cm³/mol. The van der Waals surface area contributed by atoms with Crippen molar-refractivity contribution in [3.8, 4) is 5.75 Å². The Kier molecular flexibility index (Phi) is 6.84. The summed E-state index contributed by atoms with van der Waals surface area (Å²) in [4.78, 5) is 18.0. The molecule has 1 amide bonds. The standard InChI is InChI=1S/C39H55N3O2/c1-24-20-30-28(25(2)34(24)43)11-12-33-38(30,6)14-13-29-31-21-37(5,17-15-36(31,4)16-18-39(29,33)7)40-26(3)35(44)42-22-27(23-42)32-10-9-19-41(32)8/h11-12,20,27,29,31-32,40,43H,1,3,9-10,13-19,21-23H2,2,4-8H3. The summed E-state index contributed by atoms with van der Waals surface area (Å²) in [6.07, 6.45) is 15.4. The average Bonchev–Trinajstić information content (AvgIpc) is 3.37. The lowest BCUT2D eigenvalue weighted by molar-refractivity contribution is -0.135. The number of allylic oxidation sites excluding steroid dienone is 2. The van der Waals surface area contributed by atoms with Gasteiger partial charge in [-0.3, -0.25) is 4.79 Å². The van der Waals surface area contributed by atoms with E-state index in [1.54, 1.807) is 5.57 Å². The van der Waals surface area contributed by atoms with Crippen LogP contribution in [0.2, 0.25) is 0 Å². The van der Waals surface area contributed by atoms with Gasteiger partial charge in [0, 0.05) is 41.2 Å². The van der Waals surface area contributed by atoms with Crippen LogP contribution >= 0.6 is 0 Å². The van der Waals surface area contributed by atoms with E-state index in [2.05, 4.69) is 76.3 Å². The lowest BCUT2D eigenvalue weighted by Gasteiger charge is -2.64. The van der Waals surface area contributed by atoms with Crippen LogP contribution in [0.4, 0.5) is 0 Å². The van der Waals surface area contributed by atoms with Crippen LogP contribution in [0.15, 0.2) is 30.0 Å². The number of carbonyl (C=O) groups excluding carboxylic acids is 1. The van der Waals surface area contributed by atoms with Gasteiger partial charge >= 0.3 is 0 Å². The molecule has 2 saturated heterocycles. The zero-order valence-electron chi connectivity index (χ0n) is 28.2. The Morgan fingerprint density at radius 3 is 2.45 bits per heavy atom. The fourth-order valence-electron chi connectivity index (χ4n) is 11.3. The number of likely N-dealkylation sites (tertiary alicyclic amines) is 2. The number of hydrogen-bond acceptors (Lipinski definition) is 4. The number of phenolic OH excluding ortho intramolecular Hbond substituents is 1.